The number of urea groups is 1. The molecule has 3 rings (SSSR count). The molecule has 1 unspecified atom stereocenters. The van der Waals surface area contributed by atoms with Crippen LogP contribution < -0.4 is 16.0 Å². The maximum absolute atomic E-state index is 13.0. The van der Waals surface area contributed by atoms with Crippen molar-refractivity contribution in [2.75, 3.05) is 18.9 Å². The van der Waals surface area contributed by atoms with Gasteiger partial charge >= 0.3 is 12.0 Å². The van der Waals surface area contributed by atoms with Crippen molar-refractivity contribution in [3.05, 3.63) is 53.9 Å². The number of nitrogens with zero attached hydrogens (tertiary/aromatic N) is 2. The van der Waals surface area contributed by atoms with Crippen LogP contribution in [0.2, 0.25) is 0 Å². The lowest BCUT2D eigenvalue weighted by Gasteiger charge is -2.30. The second-order valence-electron chi connectivity index (χ2n) is 9.35. The molecule has 10 heteroatoms. The fraction of sp³-hybridized carbons (Fsp3) is 0.462. The van der Waals surface area contributed by atoms with E-state index in [0.29, 0.717) is 17.9 Å². The molecule has 0 spiro atoms. The molecule has 194 valence electrons. The average Bonchev–Trinajstić information content (AvgIpc) is 3.22. The van der Waals surface area contributed by atoms with E-state index < -0.39 is 29.9 Å². The predicted octanol–water partition coefficient (Wildman–Crippen LogP) is 2.96. The summed E-state index contributed by atoms with van der Waals surface area (Å²) in [5.74, 6) is -1.60. The molecule has 2 aromatic rings. The van der Waals surface area contributed by atoms with Gasteiger partial charge in [0, 0.05) is 32.9 Å². The number of carboxylic acid groups (broad SMARTS) is 1. The van der Waals surface area contributed by atoms with E-state index in [9.17, 15) is 24.3 Å². The summed E-state index contributed by atoms with van der Waals surface area (Å²) < 4.78 is 1.58. The quantitative estimate of drug-likeness (QED) is 0.401. The van der Waals surface area contributed by atoms with Crippen LogP contribution in [0.15, 0.2) is 42.6 Å². The Kier molecular flexibility index (Phi) is 9.49. The van der Waals surface area contributed by atoms with Crippen molar-refractivity contribution >= 4 is 29.5 Å². The Balaban J connectivity index is 1.54. The van der Waals surface area contributed by atoms with E-state index >= 15 is 0 Å². The lowest BCUT2D eigenvalue weighted by atomic mass is 9.82. The number of benzene rings is 1. The smallest absolute Gasteiger partial charge is 0.319 e. The maximum atomic E-state index is 13.0. The van der Waals surface area contributed by atoms with Gasteiger partial charge in [-0.2, -0.15) is 0 Å². The summed E-state index contributed by atoms with van der Waals surface area (Å²) in [6.07, 6.45) is 6.47. The van der Waals surface area contributed by atoms with Gasteiger partial charge in [-0.05, 0) is 30.4 Å². The van der Waals surface area contributed by atoms with Crippen molar-refractivity contribution in [1.82, 2.24) is 20.1 Å². The highest BCUT2D eigenvalue weighted by molar-refractivity contribution is 5.97. The Morgan fingerprint density at radius 3 is 2.47 bits per heavy atom. The standard InChI is InChI=1S/C26H35N5O5/c1-30-16-20(28-26(36)27-15-18-9-5-3-6-10-18)13-22(30)25(35)31(2)17-23(32)29-21(14-24(33)34)19-11-7-4-8-12-19/h3,5-6,9-10,13,16,19,21H,4,7-8,11-12,14-15,17H2,1-2H3,(H,29,32)(H,33,34)(H2,27,28,36). The van der Waals surface area contributed by atoms with Gasteiger partial charge in [-0.3, -0.25) is 14.4 Å². The summed E-state index contributed by atoms with van der Waals surface area (Å²) in [5.41, 5.74) is 1.71. The summed E-state index contributed by atoms with van der Waals surface area (Å²) in [6.45, 7) is 0.167. The molecular formula is C26H35N5O5. The molecule has 0 aliphatic heterocycles. The number of hydrogen-bond acceptors (Lipinski definition) is 4. The maximum Gasteiger partial charge on any atom is 0.319 e. The van der Waals surface area contributed by atoms with Crippen LogP contribution in [0.5, 0.6) is 0 Å². The minimum atomic E-state index is -0.952. The van der Waals surface area contributed by atoms with Crippen LogP contribution in [-0.4, -0.2) is 58.0 Å². The molecule has 0 saturated heterocycles. The Labute approximate surface area is 211 Å². The summed E-state index contributed by atoms with van der Waals surface area (Å²) >= 11 is 0. The monoisotopic (exact) mass is 497 g/mol. The number of carbonyl (C=O) groups is 4. The van der Waals surface area contributed by atoms with E-state index in [4.69, 9.17) is 0 Å². The number of likely N-dealkylation sites (N-methyl/N-ethyl adjacent to an activating group) is 1. The van der Waals surface area contributed by atoms with Gasteiger partial charge in [0.15, 0.2) is 0 Å². The minimum absolute atomic E-state index is 0.132. The SMILES string of the molecule is CN(CC(=O)NC(CC(=O)O)C1CCCCC1)C(=O)c1cc(NC(=O)NCc2ccccc2)cn1C. The molecule has 4 amide bonds. The number of carbonyl (C=O) groups excluding carboxylic acids is 3. The Bertz CT molecular complexity index is 1060. The molecule has 1 heterocycles. The van der Waals surface area contributed by atoms with Crippen LogP contribution in [0, 0.1) is 5.92 Å². The van der Waals surface area contributed by atoms with Crippen molar-refractivity contribution in [1.29, 1.82) is 0 Å². The van der Waals surface area contributed by atoms with Gasteiger partial charge < -0.3 is 30.5 Å². The molecule has 1 fully saturated rings. The van der Waals surface area contributed by atoms with E-state index in [1.807, 2.05) is 30.3 Å². The van der Waals surface area contributed by atoms with Crippen LogP contribution >= 0.6 is 0 Å². The van der Waals surface area contributed by atoms with Gasteiger partial charge in [-0.1, -0.05) is 49.6 Å². The third-order valence-electron chi connectivity index (χ3n) is 6.47. The number of carboxylic acids is 1. The van der Waals surface area contributed by atoms with Crippen LogP contribution in [0.1, 0.15) is 54.6 Å². The number of nitrogens with one attached hydrogen (secondary N) is 3. The Hall–Kier alpha value is -3.82. The molecule has 36 heavy (non-hydrogen) atoms. The predicted molar refractivity (Wildman–Crippen MR) is 135 cm³/mol. The van der Waals surface area contributed by atoms with Gasteiger partial charge in [0.25, 0.3) is 5.91 Å². The molecule has 10 nitrogen and oxygen atoms in total. The number of hydrogen-bond donors (Lipinski definition) is 4. The minimum Gasteiger partial charge on any atom is -0.481 e. The van der Waals surface area contributed by atoms with Gasteiger partial charge in [-0.15, -0.1) is 0 Å². The third-order valence-corrected chi connectivity index (χ3v) is 6.47. The molecule has 1 saturated carbocycles. The van der Waals surface area contributed by atoms with Crippen molar-refractivity contribution in [2.24, 2.45) is 13.0 Å². The van der Waals surface area contributed by atoms with E-state index in [0.717, 1.165) is 37.7 Å². The number of amides is 4. The number of aliphatic carboxylic acids is 1. The van der Waals surface area contributed by atoms with Crippen molar-refractivity contribution < 1.29 is 24.3 Å². The number of aromatic nitrogens is 1. The van der Waals surface area contributed by atoms with E-state index in [1.54, 1.807) is 23.9 Å². The topological polar surface area (TPSA) is 133 Å². The Morgan fingerprint density at radius 1 is 1.11 bits per heavy atom. The van der Waals surface area contributed by atoms with Crippen molar-refractivity contribution in [3.63, 3.8) is 0 Å². The number of anilines is 1. The van der Waals surface area contributed by atoms with Crippen LogP contribution in [0.4, 0.5) is 10.5 Å². The van der Waals surface area contributed by atoms with Crippen LogP contribution in [0.25, 0.3) is 0 Å². The fourth-order valence-corrected chi connectivity index (χ4v) is 4.59. The molecular weight excluding hydrogens is 462 g/mol. The van der Waals surface area contributed by atoms with Gasteiger partial charge in [0.05, 0.1) is 18.7 Å². The van der Waals surface area contributed by atoms with E-state index in [2.05, 4.69) is 16.0 Å². The third kappa shape index (κ3) is 7.86. The summed E-state index contributed by atoms with van der Waals surface area (Å²) in [4.78, 5) is 50.5. The van der Waals surface area contributed by atoms with Crippen LogP contribution in [-0.2, 0) is 23.2 Å². The van der Waals surface area contributed by atoms with Crippen LogP contribution in [0.3, 0.4) is 0 Å². The highest BCUT2D eigenvalue weighted by Gasteiger charge is 2.28. The normalized spacial score (nSPS) is 14.5. The number of aryl methyl sites for hydroxylation is 1. The molecule has 0 bridgehead atoms. The first kappa shape index (κ1) is 26.8. The zero-order chi connectivity index (χ0) is 26.1. The average molecular weight is 498 g/mol. The first-order valence-electron chi connectivity index (χ1n) is 12.2. The summed E-state index contributed by atoms with van der Waals surface area (Å²) in [6, 6.07) is 10.2. The molecule has 1 aromatic heterocycles. The second-order valence-corrected chi connectivity index (χ2v) is 9.35. The molecule has 4 N–H and O–H groups in total. The van der Waals surface area contributed by atoms with Crippen molar-refractivity contribution in [3.8, 4) is 0 Å². The first-order valence-corrected chi connectivity index (χ1v) is 12.2. The molecule has 1 atom stereocenters. The summed E-state index contributed by atoms with van der Waals surface area (Å²) in [5, 5.41) is 17.6. The molecule has 0 radical (unpaired) electrons. The van der Waals surface area contributed by atoms with Gasteiger partial charge in [-0.25, -0.2) is 4.79 Å². The highest BCUT2D eigenvalue weighted by Crippen LogP contribution is 2.28. The van der Waals surface area contributed by atoms with E-state index in [1.165, 1.54) is 11.9 Å². The zero-order valence-corrected chi connectivity index (χ0v) is 20.8. The Morgan fingerprint density at radius 2 is 1.81 bits per heavy atom. The second kappa shape index (κ2) is 12.8. The lowest BCUT2D eigenvalue weighted by Crippen LogP contribution is -2.47. The highest BCUT2D eigenvalue weighted by atomic mass is 16.4. The molecule has 1 aliphatic carbocycles. The van der Waals surface area contributed by atoms with Gasteiger partial charge in [0.1, 0.15) is 5.69 Å². The lowest BCUT2D eigenvalue weighted by molar-refractivity contribution is -0.138. The summed E-state index contributed by atoms with van der Waals surface area (Å²) in [7, 11) is 3.20. The van der Waals surface area contributed by atoms with Gasteiger partial charge in [0.2, 0.25) is 5.91 Å². The molecule has 1 aliphatic rings. The largest absolute Gasteiger partial charge is 0.481 e. The zero-order valence-electron chi connectivity index (χ0n) is 20.8. The number of rotatable bonds is 10. The first-order chi connectivity index (χ1) is 17.2. The van der Waals surface area contributed by atoms with Crippen molar-refractivity contribution in [2.45, 2.75) is 51.1 Å². The fourth-order valence-electron chi connectivity index (χ4n) is 4.59. The van der Waals surface area contributed by atoms with E-state index in [-0.39, 0.29) is 18.9 Å². The molecule has 1 aromatic carbocycles.